The molecule has 290 valence electrons. The first-order chi connectivity index (χ1) is 26.3. The van der Waals surface area contributed by atoms with Gasteiger partial charge in [-0.1, -0.05) is 25.1 Å². The number of anilines is 2. The van der Waals surface area contributed by atoms with Gasteiger partial charge in [0.05, 0.1) is 41.0 Å². The molecule has 8 rings (SSSR count). The molecule has 3 saturated carbocycles. The normalized spacial score (nSPS) is 20.5. The maximum absolute atomic E-state index is 13.2. The summed E-state index contributed by atoms with van der Waals surface area (Å²) in [7, 11) is 3.75. The number of pyridine rings is 1. The molecule has 4 fully saturated rings. The maximum atomic E-state index is 13.2. The number of amides is 3. The number of nitrogens with two attached hydrogens (primary N) is 2. The van der Waals surface area contributed by atoms with E-state index < -0.39 is 11.8 Å². The number of allylic oxidation sites excluding steroid dienone is 1. The van der Waals surface area contributed by atoms with Crippen molar-refractivity contribution in [3.63, 3.8) is 0 Å². The number of fused-ring (bicyclic) bond motifs is 3. The van der Waals surface area contributed by atoms with Gasteiger partial charge >= 0.3 is 0 Å². The van der Waals surface area contributed by atoms with Crippen molar-refractivity contribution < 1.29 is 24.6 Å². The van der Waals surface area contributed by atoms with Crippen LogP contribution in [0.1, 0.15) is 85.8 Å². The average Bonchev–Trinajstić information content (AvgIpc) is 4.01. The Kier molecular flexibility index (Phi) is 9.30. The maximum Gasteiger partial charge on any atom is 0.272 e. The second kappa shape index (κ2) is 14.0. The van der Waals surface area contributed by atoms with Crippen LogP contribution in [0.4, 0.5) is 11.4 Å². The molecule has 16 heteroatoms. The summed E-state index contributed by atoms with van der Waals surface area (Å²) in [4.78, 5) is 48.3. The monoisotopic (exact) mass is 751 g/mol. The van der Waals surface area contributed by atoms with Crippen molar-refractivity contribution >= 4 is 29.1 Å². The molecular formula is C39H49N11O5. The fraction of sp³-hybridized carbons (Fsp3) is 0.462. The minimum Gasteiger partial charge on any atom is -0.393 e. The highest BCUT2D eigenvalue weighted by atomic mass is 16.5. The van der Waals surface area contributed by atoms with Gasteiger partial charge in [0.25, 0.3) is 17.7 Å². The Morgan fingerprint density at radius 2 is 1.75 bits per heavy atom. The number of carbonyl (C=O) groups excluding carboxylic acids is 3. The van der Waals surface area contributed by atoms with Crippen LogP contribution < -0.4 is 32.3 Å². The Labute approximate surface area is 319 Å². The molecule has 0 bridgehead atoms. The highest BCUT2D eigenvalue weighted by molar-refractivity contribution is 5.97. The molecule has 4 heterocycles. The predicted molar refractivity (Wildman–Crippen MR) is 204 cm³/mol. The Balaban J connectivity index is 1.05. The lowest BCUT2D eigenvalue weighted by Gasteiger charge is -2.47. The first-order valence-electron chi connectivity index (χ1n) is 19.1. The SMILES string of the molecule is CCC1c2c(cnn2C2CN(C(O)(O)c3cccc(C(=O)N(C)C4CC4)n3)C2)-c2cccc(NC(/C=C(\N)NC(=O)C3CC3)=C(/N)C(=O)NC3CC3)c2N1C. The van der Waals surface area contributed by atoms with Crippen LogP contribution >= 0.6 is 0 Å². The summed E-state index contributed by atoms with van der Waals surface area (Å²) in [6, 6.07) is 10.6. The lowest BCUT2D eigenvalue weighted by atomic mass is 9.91. The third-order valence-electron chi connectivity index (χ3n) is 11.3. The molecule has 5 aliphatic rings. The summed E-state index contributed by atoms with van der Waals surface area (Å²) >= 11 is 0. The molecule has 2 aliphatic heterocycles. The minimum absolute atomic E-state index is 0.00964. The molecule has 1 aromatic carbocycles. The van der Waals surface area contributed by atoms with Crippen molar-refractivity contribution in [1.29, 1.82) is 0 Å². The molecular weight excluding hydrogens is 703 g/mol. The Bertz CT molecular complexity index is 2090. The van der Waals surface area contributed by atoms with E-state index in [-0.39, 0.29) is 70.5 Å². The van der Waals surface area contributed by atoms with Crippen molar-refractivity contribution in [2.45, 2.75) is 81.9 Å². The summed E-state index contributed by atoms with van der Waals surface area (Å²) < 4.78 is 1.98. The van der Waals surface area contributed by atoms with Crippen LogP contribution in [0.5, 0.6) is 0 Å². The molecule has 16 nitrogen and oxygen atoms in total. The largest absolute Gasteiger partial charge is 0.393 e. The Morgan fingerprint density at radius 3 is 2.42 bits per heavy atom. The second-order valence-electron chi connectivity index (χ2n) is 15.4. The number of hydrogen-bond donors (Lipinski definition) is 7. The van der Waals surface area contributed by atoms with Gasteiger partial charge < -0.3 is 47.4 Å². The molecule has 0 spiro atoms. The van der Waals surface area contributed by atoms with Crippen molar-refractivity contribution in [3.8, 4) is 11.1 Å². The molecule has 1 atom stereocenters. The number of rotatable bonds is 13. The molecule has 3 aliphatic carbocycles. The molecule has 0 radical (unpaired) electrons. The fourth-order valence-corrected chi connectivity index (χ4v) is 7.55. The zero-order valence-electron chi connectivity index (χ0n) is 31.3. The number of nitrogens with zero attached hydrogens (tertiary/aromatic N) is 6. The molecule has 3 amide bonds. The molecule has 2 aromatic heterocycles. The second-order valence-corrected chi connectivity index (χ2v) is 15.4. The molecule has 55 heavy (non-hydrogen) atoms. The summed E-state index contributed by atoms with van der Waals surface area (Å²) in [5.41, 5.74) is 17.5. The van der Waals surface area contributed by atoms with E-state index in [1.807, 2.05) is 36.1 Å². The lowest BCUT2D eigenvalue weighted by molar-refractivity contribution is -0.302. The lowest BCUT2D eigenvalue weighted by Crippen LogP contribution is -2.59. The molecule has 1 saturated heterocycles. The first kappa shape index (κ1) is 36.5. The highest BCUT2D eigenvalue weighted by Gasteiger charge is 2.47. The van der Waals surface area contributed by atoms with Crippen molar-refractivity contribution in [2.24, 2.45) is 17.4 Å². The van der Waals surface area contributed by atoms with Gasteiger partial charge in [-0.2, -0.15) is 5.10 Å². The minimum atomic E-state index is -2.38. The summed E-state index contributed by atoms with van der Waals surface area (Å²) in [6.45, 7) is 2.68. The standard InChI is InChI=1S/C39H49N11O5/c1-4-30-35-26(18-42-50(35)24-19-49(20-24)39(54,55)31-10-6-9-28(45-31)38(53)47(2)23-15-16-23)25-7-5-8-27(34(25)48(30)3)44-29(33(41)37(52)43-22-13-14-22)17-32(40)46-36(51)21-11-12-21/h5-10,17-18,21-24,30,44,54-55H,4,11-16,19-20,40-41H2,1-3H3,(H,43,52)(H,46,51)/b32-17+,33-29+. The third-order valence-corrected chi connectivity index (χ3v) is 11.3. The zero-order valence-corrected chi connectivity index (χ0v) is 31.3. The molecule has 9 N–H and O–H groups in total. The number of benzene rings is 1. The number of nitrogens with one attached hydrogen (secondary N) is 3. The summed E-state index contributed by atoms with van der Waals surface area (Å²) in [6.07, 6.45) is 9.42. The van der Waals surface area contributed by atoms with E-state index in [9.17, 15) is 24.6 Å². The van der Waals surface area contributed by atoms with Gasteiger partial charge in [-0.15, -0.1) is 0 Å². The number of carbonyl (C=O) groups is 3. The predicted octanol–water partition coefficient (Wildman–Crippen LogP) is 1.92. The number of aliphatic hydroxyl groups is 2. The van der Waals surface area contributed by atoms with Crippen molar-refractivity contribution in [2.75, 3.05) is 37.4 Å². The van der Waals surface area contributed by atoms with Gasteiger partial charge in [0, 0.05) is 62.4 Å². The van der Waals surface area contributed by atoms with Gasteiger partial charge in [0.1, 0.15) is 22.9 Å². The fourth-order valence-electron chi connectivity index (χ4n) is 7.55. The Morgan fingerprint density at radius 1 is 1.02 bits per heavy atom. The van der Waals surface area contributed by atoms with Gasteiger partial charge in [-0.3, -0.25) is 19.1 Å². The smallest absolute Gasteiger partial charge is 0.272 e. The van der Waals surface area contributed by atoms with E-state index in [2.05, 4.69) is 32.8 Å². The van der Waals surface area contributed by atoms with Crippen molar-refractivity contribution in [3.05, 3.63) is 83.0 Å². The van der Waals surface area contributed by atoms with Gasteiger partial charge in [-0.05, 0) is 63.1 Å². The highest BCUT2D eigenvalue weighted by Crippen LogP contribution is 2.50. The number of likely N-dealkylation sites (tertiary alicyclic amines) is 1. The molecule has 1 unspecified atom stereocenters. The van der Waals surface area contributed by atoms with Crippen LogP contribution in [0.3, 0.4) is 0 Å². The van der Waals surface area contributed by atoms with Crippen LogP contribution in [0.25, 0.3) is 11.1 Å². The van der Waals surface area contributed by atoms with Crippen LogP contribution in [0.2, 0.25) is 0 Å². The average molecular weight is 752 g/mol. The third kappa shape index (κ3) is 7.00. The molecule has 3 aromatic rings. The van der Waals surface area contributed by atoms with Gasteiger partial charge in [-0.25, -0.2) is 9.88 Å². The number of aromatic nitrogens is 3. The van der Waals surface area contributed by atoms with Gasteiger partial charge in [0.15, 0.2) is 0 Å². The number of para-hydroxylation sites is 1. The topological polar surface area (TPSA) is 220 Å². The first-order valence-corrected chi connectivity index (χ1v) is 19.1. The van der Waals surface area contributed by atoms with E-state index in [0.717, 1.165) is 67.5 Å². The van der Waals surface area contributed by atoms with Crippen LogP contribution in [-0.2, 0) is 15.5 Å². The van der Waals surface area contributed by atoms with E-state index in [1.165, 1.54) is 17.0 Å². The van der Waals surface area contributed by atoms with Crippen LogP contribution in [0.15, 0.2) is 65.9 Å². The van der Waals surface area contributed by atoms with Crippen LogP contribution in [-0.4, -0.2) is 91.8 Å². The van der Waals surface area contributed by atoms with E-state index in [4.69, 9.17) is 16.6 Å². The zero-order chi connectivity index (χ0) is 38.8. The van der Waals surface area contributed by atoms with E-state index >= 15 is 0 Å². The summed E-state index contributed by atoms with van der Waals surface area (Å²) in [5.74, 6) is -3.18. The van der Waals surface area contributed by atoms with Gasteiger partial charge in [0.2, 0.25) is 5.91 Å². The van der Waals surface area contributed by atoms with E-state index in [0.29, 0.717) is 18.8 Å². The number of hydrogen-bond acceptors (Lipinski definition) is 12. The summed E-state index contributed by atoms with van der Waals surface area (Å²) in [5, 5.41) is 36.5. The van der Waals surface area contributed by atoms with E-state index in [1.54, 1.807) is 24.1 Å². The Hall–Kier alpha value is -5.45. The quantitative estimate of drug-likeness (QED) is 0.0757. The van der Waals surface area contributed by atoms with Crippen molar-refractivity contribution in [1.82, 2.24) is 35.2 Å². The van der Waals surface area contributed by atoms with Crippen LogP contribution in [0, 0.1) is 5.92 Å².